The van der Waals surface area contributed by atoms with Crippen LogP contribution in [0.1, 0.15) is 28.8 Å². The summed E-state index contributed by atoms with van der Waals surface area (Å²) in [5.74, 6) is 1.73. The Morgan fingerprint density at radius 2 is 1.88 bits per heavy atom. The van der Waals surface area contributed by atoms with E-state index in [1.165, 1.54) is 5.56 Å². The number of hydrogen-bond acceptors (Lipinski definition) is 5. The zero-order valence-electron chi connectivity index (χ0n) is 14.7. The number of aromatic amines is 1. The second kappa shape index (κ2) is 8.21. The molecule has 0 aliphatic carbocycles. The van der Waals surface area contributed by atoms with Crippen molar-refractivity contribution >= 4 is 0 Å². The first-order valence-electron chi connectivity index (χ1n) is 9.07. The zero-order valence-corrected chi connectivity index (χ0v) is 14.7. The van der Waals surface area contributed by atoms with Gasteiger partial charge in [0.15, 0.2) is 5.82 Å². The van der Waals surface area contributed by atoms with Crippen LogP contribution in [0.15, 0.2) is 54.9 Å². The van der Waals surface area contributed by atoms with Crippen molar-refractivity contribution < 1.29 is 4.74 Å². The fourth-order valence-electron chi connectivity index (χ4n) is 3.35. The quantitative estimate of drug-likeness (QED) is 0.740. The molecule has 3 aromatic rings. The molecule has 26 heavy (non-hydrogen) atoms. The molecule has 4 rings (SSSR count). The van der Waals surface area contributed by atoms with Crippen molar-refractivity contribution in [2.24, 2.45) is 0 Å². The number of morpholine rings is 1. The van der Waals surface area contributed by atoms with E-state index in [2.05, 4.69) is 50.4 Å². The number of ether oxygens (including phenoxy) is 1. The predicted octanol–water partition coefficient (Wildman–Crippen LogP) is 2.41. The Bertz CT molecular complexity index is 799. The number of hydrogen-bond donors (Lipinski definition) is 1. The lowest BCUT2D eigenvalue weighted by molar-refractivity contribution is 0.0224. The molecule has 1 saturated heterocycles. The molecule has 6 heteroatoms. The number of rotatable bonds is 6. The highest BCUT2D eigenvalue weighted by Crippen LogP contribution is 2.26. The van der Waals surface area contributed by atoms with Crippen molar-refractivity contribution in [2.45, 2.75) is 18.9 Å². The van der Waals surface area contributed by atoms with Crippen molar-refractivity contribution in [1.29, 1.82) is 0 Å². The van der Waals surface area contributed by atoms with Gasteiger partial charge in [-0.1, -0.05) is 36.4 Å². The average molecular weight is 349 g/mol. The molecule has 0 radical (unpaired) electrons. The number of nitrogens with one attached hydrogen (secondary N) is 1. The van der Waals surface area contributed by atoms with Gasteiger partial charge in [-0.25, -0.2) is 4.98 Å². The van der Waals surface area contributed by atoms with E-state index in [1.54, 1.807) is 6.20 Å². The van der Waals surface area contributed by atoms with Gasteiger partial charge >= 0.3 is 0 Å². The topological polar surface area (TPSA) is 66.9 Å². The van der Waals surface area contributed by atoms with E-state index in [0.717, 1.165) is 56.4 Å². The van der Waals surface area contributed by atoms with Crippen molar-refractivity contribution in [3.8, 4) is 0 Å². The zero-order chi connectivity index (χ0) is 17.6. The number of H-pyrrole nitrogens is 1. The Morgan fingerprint density at radius 1 is 1.04 bits per heavy atom. The Morgan fingerprint density at radius 3 is 2.65 bits per heavy atom. The maximum atomic E-state index is 5.51. The van der Waals surface area contributed by atoms with Crippen molar-refractivity contribution in [3.05, 3.63) is 77.6 Å². The number of nitrogens with zero attached hydrogens (tertiary/aromatic N) is 4. The summed E-state index contributed by atoms with van der Waals surface area (Å²) in [4.78, 5) is 11.5. The fraction of sp³-hybridized carbons (Fsp3) is 0.350. The standard InChI is InChI=1S/C20H23N5O/c1-2-5-16(6-3-1)8-9-18-22-20(24-23-18)19(17-7-4-10-21-15-17)25-11-13-26-14-12-25/h1-7,10,15,19H,8-9,11-14H2,(H,22,23,24)/t19-/m0/s1. The average Bonchev–Trinajstić information content (AvgIpc) is 3.18. The second-order valence-electron chi connectivity index (χ2n) is 6.46. The van der Waals surface area contributed by atoms with Gasteiger partial charge < -0.3 is 4.74 Å². The van der Waals surface area contributed by atoms with Gasteiger partial charge in [0.1, 0.15) is 5.82 Å². The summed E-state index contributed by atoms with van der Waals surface area (Å²) in [6, 6.07) is 14.5. The molecule has 2 aromatic heterocycles. The van der Waals surface area contributed by atoms with Crippen molar-refractivity contribution in [2.75, 3.05) is 26.3 Å². The SMILES string of the molecule is c1ccc(CCc2nc([C@H](c3cccnc3)N3CCOCC3)n[nH]2)cc1. The molecule has 1 N–H and O–H groups in total. The Hall–Kier alpha value is -2.57. The summed E-state index contributed by atoms with van der Waals surface area (Å²) in [5.41, 5.74) is 2.42. The van der Waals surface area contributed by atoms with Crippen LogP contribution in [0.2, 0.25) is 0 Å². The highest BCUT2D eigenvalue weighted by Gasteiger charge is 2.27. The first kappa shape index (κ1) is 16.9. The minimum absolute atomic E-state index is 0.00863. The van der Waals surface area contributed by atoms with Gasteiger partial charge in [0.25, 0.3) is 0 Å². The molecule has 0 amide bonds. The third-order valence-electron chi connectivity index (χ3n) is 4.70. The van der Waals surface area contributed by atoms with E-state index >= 15 is 0 Å². The molecule has 6 nitrogen and oxygen atoms in total. The van der Waals surface area contributed by atoms with Crippen molar-refractivity contribution in [3.63, 3.8) is 0 Å². The smallest absolute Gasteiger partial charge is 0.172 e. The lowest BCUT2D eigenvalue weighted by Gasteiger charge is -2.32. The van der Waals surface area contributed by atoms with Gasteiger partial charge in [-0.3, -0.25) is 15.0 Å². The Balaban J connectivity index is 1.53. The van der Waals surface area contributed by atoms with E-state index in [0.29, 0.717) is 0 Å². The second-order valence-corrected chi connectivity index (χ2v) is 6.46. The fourth-order valence-corrected chi connectivity index (χ4v) is 3.35. The molecule has 3 heterocycles. The molecule has 1 fully saturated rings. The molecule has 1 atom stereocenters. The molecular weight excluding hydrogens is 326 g/mol. The van der Waals surface area contributed by atoms with Crippen molar-refractivity contribution in [1.82, 2.24) is 25.1 Å². The summed E-state index contributed by atoms with van der Waals surface area (Å²) in [6.07, 6.45) is 5.49. The summed E-state index contributed by atoms with van der Waals surface area (Å²) in [6.45, 7) is 3.21. The minimum Gasteiger partial charge on any atom is -0.379 e. The molecule has 1 aliphatic rings. The van der Waals surface area contributed by atoms with Gasteiger partial charge in [0.2, 0.25) is 0 Å². The molecule has 0 unspecified atom stereocenters. The first-order chi connectivity index (χ1) is 12.9. The molecule has 1 aromatic carbocycles. The number of benzene rings is 1. The molecule has 0 bridgehead atoms. The largest absolute Gasteiger partial charge is 0.379 e. The van der Waals surface area contributed by atoms with Crippen LogP contribution in [0.4, 0.5) is 0 Å². The predicted molar refractivity (Wildman–Crippen MR) is 98.7 cm³/mol. The lowest BCUT2D eigenvalue weighted by atomic mass is 10.1. The summed E-state index contributed by atoms with van der Waals surface area (Å²) in [7, 11) is 0. The normalized spacial score (nSPS) is 16.5. The maximum Gasteiger partial charge on any atom is 0.172 e. The Labute approximate surface area is 153 Å². The third-order valence-corrected chi connectivity index (χ3v) is 4.70. The number of aromatic nitrogens is 4. The van der Waals surface area contributed by atoms with Gasteiger partial charge in [0, 0.05) is 31.9 Å². The summed E-state index contributed by atoms with van der Waals surface area (Å²) in [5, 5.41) is 7.66. The lowest BCUT2D eigenvalue weighted by Crippen LogP contribution is -2.40. The molecular formula is C20H23N5O. The molecule has 0 spiro atoms. The number of aryl methyl sites for hydroxylation is 2. The monoisotopic (exact) mass is 349 g/mol. The summed E-state index contributed by atoms with van der Waals surface area (Å²) < 4.78 is 5.51. The minimum atomic E-state index is 0.00863. The third kappa shape index (κ3) is 3.98. The van der Waals surface area contributed by atoms with E-state index in [4.69, 9.17) is 9.72 Å². The van der Waals surface area contributed by atoms with Crippen LogP contribution in [0.25, 0.3) is 0 Å². The molecule has 1 aliphatic heterocycles. The van der Waals surface area contributed by atoms with E-state index in [-0.39, 0.29) is 6.04 Å². The van der Waals surface area contributed by atoms with Crippen LogP contribution in [0, 0.1) is 0 Å². The highest BCUT2D eigenvalue weighted by atomic mass is 16.5. The van der Waals surface area contributed by atoms with Gasteiger partial charge in [-0.05, 0) is 23.6 Å². The van der Waals surface area contributed by atoms with Gasteiger partial charge in [-0.2, -0.15) is 5.10 Å². The van der Waals surface area contributed by atoms with Crippen LogP contribution in [-0.4, -0.2) is 51.4 Å². The van der Waals surface area contributed by atoms with E-state index < -0.39 is 0 Å². The van der Waals surface area contributed by atoms with Crippen LogP contribution in [-0.2, 0) is 17.6 Å². The number of pyridine rings is 1. The highest BCUT2D eigenvalue weighted by molar-refractivity contribution is 5.22. The van der Waals surface area contributed by atoms with Crippen LogP contribution in [0.3, 0.4) is 0 Å². The first-order valence-corrected chi connectivity index (χ1v) is 9.07. The van der Waals surface area contributed by atoms with E-state index in [1.807, 2.05) is 18.3 Å². The van der Waals surface area contributed by atoms with Crippen LogP contribution < -0.4 is 0 Å². The van der Waals surface area contributed by atoms with Crippen LogP contribution in [0.5, 0.6) is 0 Å². The van der Waals surface area contributed by atoms with Crippen LogP contribution >= 0.6 is 0 Å². The molecule has 134 valence electrons. The maximum absolute atomic E-state index is 5.51. The van der Waals surface area contributed by atoms with Gasteiger partial charge in [-0.15, -0.1) is 0 Å². The molecule has 0 saturated carbocycles. The van der Waals surface area contributed by atoms with Gasteiger partial charge in [0.05, 0.1) is 19.3 Å². The Kier molecular flexibility index (Phi) is 5.33. The van der Waals surface area contributed by atoms with E-state index in [9.17, 15) is 0 Å². The summed E-state index contributed by atoms with van der Waals surface area (Å²) >= 11 is 0.